The van der Waals surface area contributed by atoms with Crippen LogP contribution in [0.25, 0.3) is 0 Å². The number of halogens is 3. The van der Waals surface area contributed by atoms with Crippen LogP contribution in [0.1, 0.15) is 6.92 Å². The minimum atomic E-state index is -4.22. The average molecular weight is 297 g/mol. The standard InChI is InChI=1S/C12H22F3N3O2/c1-3-17(10-12(13,14)15)8-9-20-11(19)18-6-4-16(2)5-7-18/h3-10H2,1-2H3. The maximum Gasteiger partial charge on any atom is 0.409 e. The van der Waals surface area contributed by atoms with E-state index < -0.39 is 18.8 Å². The molecule has 1 saturated heterocycles. The maximum atomic E-state index is 12.2. The molecule has 0 aromatic carbocycles. The number of carbonyl (C=O) groups is 1. The van der Waals surface area contributed by atoms with Gasteiger partial charge in [-0.25, -0.2) is 4.79 Å². The third kappa shape index (κ3) is 6.42. The monoisotopic (exact) mass is 297 g/mol. The molecule has 1 heterocycles. The summed E-state index contributed by atoms with van der Waals surface area (Å²) in [6.45, 7) is 3.76. The molecule has 0 bridgehead atoms. The number of rotatable bonds is 5. The SMILES string of the molecule is CCN(CCOC(=O)N1CCN(C)CC1)CC(F)(F)F. The molecule has 0 radical (unpaired) electrons. The summed E-state index contributed by atoms with van der Waals surface area (Å²) >= 11 is 0. The van der Waals surface area contributed by atoms with Gasteiger partial charge < -0.3 is 14.5 Å². The summed E-state index contributed by atoms with van der Waals surface area (Å²) in [4.78, 5) is 16.6. The Labute approximate surface area is 117 Å². The second kappa shape index (κ2) is 7.68. The summed E-state index contributed by atoms with van der Waals surface area (Å²) in [6.07, 6.45) is -4.67. The molecule has 118 valence electrons. The van der Waals surface area contributed by atoms with E-state index in [0.717, 1.165) is 13.1 Å². The molecule has 1 fully saturated rings. The van der Waals surface area contributed by atoms with Gasteiger partial charge in [-0.3, -0.25) is 4.90 Å². The molecule has 0 unspecified atom stereocenters. The van der Waals surface area contributed by atoms with Crippen LogP contribution in [-0.4, -0.2) is 86.4 Å². The molecule has 5 nitrogen and oxygen atoms in total. The predicted octanol–water partition coefficient (Wildman–Crippen LogP) is 1.25. The van der Waals surface area contributed by atoms with Gasteiger partial charge in [0.1, 0.15) is 6.61 Å². The van der Waals surface area contributed by atoms with Crippen LogP contribution in [0.3, 0.4) is 0 Å². The van der Waals surface area contributed by atoms with Crippen molar-refractivity contribution in [2.24, 2.45) is 0 Å². The second-order valence-corrected chi connectivity index (χ2v) is 4.89. The molecular weight excluding hydrogens is 275 g/mol. The molecule has 8 heteroatoms. The van der Waals surface area contributed by atoms with E-state index in [-0.39, 0.29) is 19.7 Å². The van der Waals surface area contributed by atoms with Crippen molar-refractivity contribution in [1.82, 2.24) is 14.7 Å². The fourth-order valence-electron chi connectivity index (χ4n) is 1.94. The van der Waals surface area contributed by atoms with Crippen molar-refractivity contribution < 1.29 is 22.7 Å². The number of likely N-dealkylation sites (N-methyl/N-ethyl adjacent to an activating group) is 2. The number of hydrogen-bond donors (Lipinski definition) is 0. The van der Waals surface area contributed by atoms with Gasteiger partial charge in [0.15, 0.2) is 0 Å². The Morgan fingerprint density at radius 3 is 2.35 bits per heavy atom. The van der Waals surface area contributed by atoms with Crippen LogP contribution in [0, 0.1) is 0 Å². The van der Waals surface area contributed by atoms with Gasteiger partial charge in [-0.05, 0) is 13.6 Å². The van der Waals surface area contributed by atoms with Crippen LogP contribution in [0.2, 0.25) is 0 Å². The van der Waals surface area contributed by atoms with Crippen LogP contribution in [0.4, 0.5) is 18.0 Å². The van der Waals surface area contributed by atoms with Gasteiger partial charge in [0.25, 0.3) is 0 Å². The number of hydrogen-bond acceptors (Lipinski definition) is 4. The third-order valence-electron chi connectivity index (χ3n) is 3.24. The Morgan fingerprint density at radius 1 is 1.25 bits per heavy atom. The van der Waals surface area contributed by atoms with E-state index in [9.17, 15) is 18.0 Å². The number of carbonyl (C=O) groups excluding carboxylic acids is 1. The first-order chi connectivity index (χ1) is 9.31. The predicted molar refractivity (Wildman–Crippen MR) is 68.6 cm³/mol. The van der Waals surface area contributed by atoms with Crippen molar-refractivity contribution in [3.05, 3.63) is 0 Å². The van der Waals surface area contributed by atoms with Gasteiger partial charge >= 0.3 is 12.3 Å². The minimum Gasteiger partial charge on any atom is -0.448 e. The zero-order chi connectivity index (χ0) is 15.2. The molecule has 1 amide bonds. The van der Waals surface area contributed by atoms with Crippen molar-refractivity contribution in [3.63, 3.8) is 0 Å². The summed E-state index contributed by atoms with van der Waals surface area (Å²) in [7, 11) is 1.97. The quantitative estimate of drug-likeness (QED) is 0.765. The first-order valence-electron chi connectivity index (χ1n) is 6.71. The zero-order valence-corrected chi connectivity index (χ0v) is 11.9. The molecule has 0 aromatic heterocycles. The normalized spacial score (nSPS) is 17.6. The first kappa shape index (κ1) is 17.0. The summed E-state index contributed by atoms with van der Waals surface area (Å²) in [5.74, 6) is 0. The molecule has 0 saturated carbocycles. The number of nitrogens with zero attached hydrogens (tertiary/aromatic N) is 3. The second-order valence-electron chi connectivity index (χ2n) is 4.89. The third-order valence-corrected chi connectivity index (χ3v) is 3.24. The van der Waals surface area contributed by atoms with E-state index in [2.05, 4.69) is 4.90 Å². The topological polar surface area (TPSA) is 36.0 Å². The highest BCUT2D eigenvalue weighted by molar-refractivity contribution is 5.67. The molecule has 1 aliphatic rings. The smallest absolute Gasteiger partial charge is 0.409 e. The molecule has 20 heavy (non-hydrogen) atoms. The lowest BCUT2D eigenvalue weighted by atomic mass is 10.3. The van der Waals surface area contributed by atoms with E-state index in [0.29, 0.717) is 13.1 Å². The molecule has 0 spiro atoms. The minimum absolute atomic E-state index is 0.0188. The summed E-state index contributed by atoms with van der Waals surface area (Å²) in [6, 6.07) is 0. The van der Waals surface area contributed by atoms with Crippen LogP contribution < -0.4 is 0 Å². The van der Waals surface area contributed by atoms with Gasteiger partial charge in [-0.2, -0.15) is 13.2 Å². The van der Waals surface area contributed by atoms with Crippen LogP contribution in [0.5, 0.6) is 0 Å². The van der Waals surface area contributed by atoms with E-state index >= 15 is 0 Å². The number of alkyl halides is 3. The molecular formula is C12H22F3N3O2. The van der Waals surface area contributed by atoms with Crippen LogP contribution in [0.15, 0.2) is 0 Å². The number of amides is 1. The Hall–Kier alpha value is -1.02. The zero-order valence-electron chi connectivity index (χ0n) is 11.9. The Morgan fingerprint density at radius 2 is 1.85 bits per heavy atom. The van der Waals surface area contributed by atoms with Gasteiger partial charge in [-0.1, -0.05) is 6.92 Å². The summed E-state index contributed by atoms with van der Waals surface area (Å²) in [5, 5.41) is 0. The number of ether oxygens (including phenoxy) is 1. The fourth-order valence-corrected chi connectivity index (χ4v) is 1.94. The lowest BCUT2D eigenvalue weighted by Gasteiger charge is -2.31. The van der Waals surface area contributed by atoms with Crippen LogP contribution >= 0.6 is 0 Å². The van der Waals surface area contributed by atoms with E-state index in [4.69, 9.17) is 4.74 Å². The molecule has 0 aromatic rings. The maximum absolute atomic E-state index is 12.2. The lowest BCUT2D eigenvalue weighted by Crippen LogP contribution is -2.47. The molecule has 1 rings (SSSR count). The molecule has 0 atom stereocenters. The van der Waals surface area contributed by atoms with E-state index in [1.54, 1.807) is 11.8 Å². The highest BCUT2D eigenvalue weighted by Gasteiger charge is 2.30. The Kier molecular flexibility index (Phi) is 6.54. The van der Waals surface area contributed by atoms with Crippen molar-refractivity contribution in [1.29, 1.82) is 0 Å². The van der Waals surface area contributed by atoms with Gasteiger partial charge in [0, 0.05) is 32.7 Å². The van der Waals surface area contributed by atoms with Gasteiger partial charge in [-0.15, -0.1) is 0 Å². The molecule has 1 aliphatic heterocycles. The average Bonchev–Trinajstić information content (AvgIpc) is 2.36. The highest BCUT2D eigenvalue weighted by atomic mass is 19.4. The van der Waals surface area contributed by atoms with Crippen molar-refractivity contribution >= 4 is 6.09 Å². The van der Waals surface area contributed by atoms with Gasteiger partial charge in [0.2, 0.25) is 0 Å². The van der Waals surface area contributed by atoms with E-state index in [1.165, 1.54) is 4.90 Å². The first-order valence-corrected chi connectivity index (χ1v) is 6.71. The number of piperazine rings is 1. The summed E-state index contributed by atoms with van der Waals surface area (Å²) in [5.41, 5.74) is 0. The Bertz CT molecular complexity index is 305. The van der Waals surface area contributed by atoms with E-state index in [1.807, 2.05) is 7.05 Å². The van der Waals surface area contributed by atoms with Gasteiger partial charge in [0.05, 0.1) is 6.54 Å². The summed E-state index contributed by atoms with van der Waals surface area (Å²) < 4.78 is 41.8. The highest BCUT2D eigenvalue weighted by Crippen LogP contribution is 2.16. The lowest BCUT2D eigenvalue weighted by molar-refractivity contribution is -0.146. The largest absolute Gasteiger partial charge is 0.448 e. The molecule has 0 aliphatic carbocycles. The van der Waals surface area contributed by atoms with Crippen molar-refractivity contribution in [2.75, 3.05) is 59.5 Å². The Balaban J connectivity index is 2.23. The molecule has 0 N–H and O–H groups in total. The van der Waals surface area contributed by atoms with Crippen molar-refractivity contribution in [2.45, 2.75) is 13.1 Å². The van der Waals surface area contributed by atoms with Crippen molar-refractivity contribution in [3.8, 4) is 0 Å². The van der Waals surface area contributed by atoms with Crippen LogP contribution in [-0.2, 0) is 4.74 Å². The fraction of sp³-hybridized carbons (Fsp3) is 0.917.